The Hall–Kier alpha value is -2.03. The highest BCUT2D eigenvalue weighted by Gasteiger charge is 2.05. The van der Waals surface area contributed by atoms with Crippen LogP contribution in [0, 0.1) is 0 Å². The molecule has 0 spiro atoms. The van der Waals surface area contributed by atoms with Crippen LogP contribution in [0.3, 0.4) is 0 Å². The number of halogens is 1. The van der Waals surface area contributed by atoms with E-state index in [4.69, 9.17) is 0 Å². The Balaban J connectivity index is 1.73. The Morgan fingerprint density at radius 3 is 1.84 bits per heavy atom. The van der Waals surface area contributed by atoms with Crippen molar-refractivity contribution in [1.82, 2.24) is 9.97 Å². The highest BCUT2D eigenvalue weighted by molar-refractivity contribution is 5.63. The molecule has 1 heterocycles. The van der Waals surface area contributed by atoms with Gasteiger partial charge in [-0.1, -0.05) is 109 Å². The molecule has 0 saturated heterocycles. The average molecular weight is 439 g/mol. The van der Waals surface area contributed by atoms with Crippen LogP contribution in [0.4, 0.5) is 4.39 Å². The summed E-state index contributed by atoms with van der Waals surface area (Å²) < 4.78 is 14.4. The van der Waals surface area contributed by atoms with Gasteiger partial charge < -0.3 is 0 Å². The summed E-state index contributed by atoms with van der Waals surface area (Å²) in [7, 11) is 0. The molecule has 2 aromatic rings. The van der Waals surface area contributed by atoms with Gasteiger partial charge in [0.1, 0.15) is 5.83 Å². The van der Waals surface area contributed by atoms with Crippen molar-refractivity contribution in [2.45, 2.75) is 110 Å². The zero-order chi connectivity index (χ0) is 22.9. The molecule has 0 radical (unpaired) electrons. The van der Waals surface area contributed by atoms with Crippen molar-refractivity contribution in [3.63, 3.8) is 0 Å². The third-order valence-corrected chi connectivity index (χ3v) is 6.07. The fourth-order valence-corrected chi connectivity index (χ4v) is 3.97. The standard InChI is InChI=1S/C29H43FN2/c1-3-5-7-9-11-12-13-15-17-25-23-31-29(32-24-25)27-21-19-26(20-22-27)28(30)18-16-14-10-8-6-4-2/h18-24H,3-17H2,1-2H3/b28-18+. The first-order chi connectivity index (χ1) is 15.7. The summed E-state index contributed by atoms with van der Waals surface area (Å²) in [6, 6.07) is 7.49. The fourth-order valence-electron chi connectivity index (χ4n) is 3.97. The molecule has 1 aromatic heterocycles. The molecule has 0 aliphatic carbocycles. The van der Waals surface area contributed by atoms with Crippen LogP contribution in [-0.4, -0.2) is 9.97 Å². The van der Waals surface area contributed by atoms with Crippen LogP contribution in [0.1, 0.15) is 115 Å². The summed E-state index contributed by atoms with van der Waals surface area (Å²) in [5.41, 5.74) is 2.76. The lowest BCUT2D eigenvalue weighted by atomic mass is 10.1. The highest BCUT2D eigenvalue weighted by atomic mass is 19.1. The Bertz CT molecular complexity index is 750. The Labute approximate surface area is 195 Å². The molecule has 0 fully saturated rings. The smallest absolute Gasteiger partial charge is 0.159 e. The van der Waals surface area contributed by atoms with E-state index in [1.807, 2.05) is 36.7 Å². The predicted octanol–water partition coefficient (Wildman–Crippen LogP) is 9.50. The van der Waals surface area contributed by atoms with Crippen molar-refractivity contribution in [2.24, 2.45) is 0 Å². The molecule has 0 unspecified atom stereocenters. The molecule has 0 aliphatic heterocycles. The summed E-state index contributed by atoms with van der Waals surface area (Å²) >= 11 is 0. The van der Waals surface area contributed by atoms with Gasteiger partial charge in [-0.3, -0.25) is 0 Å². The maximum absolute atomic E-state index is 14.4. The number of benzene rings is 1. The summed E-state index contributed by atoms with van der Waals surface area (Å²) in [6.07, 6.45) is 24.1. The molecule has 176 valence electrons. The molecule has 2 nitrogen and oxygen atoms in total. The number of unbranched alkanes of at least 4 members (excludes halogenated alkanes) is 12. The van der Waals surface area contributed by atoms with Crippen LogP contribution >= 0.6 is 0 Å². The molecular weight excluding hydrogens is 395 g/mol. The molecule has 0 saturated carbocycles. The summed E-state index contributed by atoms with van der Waals surface area (Å²) in [5, 5.41) is 0. The summed E-state index contributed by atoms with van der Waals surface area (Å²) in [5.74, 6) is 0.574. The van der Waals surface area contributed by atoms with Gasteiger partial charge in [-0.2, -0.15) is 0 Å². The first-order valence-electron chi connectivity index (χ1n) is 13.0. The van der Waals surface area contributed by atoms with Crippen LogP contribution in [0.5, 0.6) is 0 Å². The van der Waals surface area contributed by atoms with Gasteiger partial charge in [0.15, 0.2) is 5.82 Å². The second-order valence-corrected chi connectivity index (χ2v) is 8.97. The third kappa shape index (κ3) is 10.5. The number of aromatic nitrogens is 2. The van der Waals surface area contributed by atoms with E-state index < -0.39 is 0 Å². The van der Waals surface area contributed by atoms with Crippen molar-refractivity contribution in [1.29, 1.82) is 0 Å². The lowest BCUT2D eigenvalue weighted by molar-refractivity contribution is 0.575. The zero-order valence-electron chi connectivity index (χ0n) is 20.4. The Morgan fingerprint density at radius 1 is 0.719 bits per heavy atom. The molecular formula is C29H43FN2. The third-order valence-electron chi connectivity index (χ3n) is 6.07. The van der Waals surface area contributed by atoms with E-state index in [1.165, 1.54) is 82.6 Å². The first-order valence-corrected chi connectivity index (χ1v) is 13.0. The average Bonchev–Trinajstić information content (AvgIpc) is 2.83. The second-order valence-electron chi connectivity index (χ2n) is 8.97. The van der Waals surface area contributed by atoms with Gasteiger partial charge >= 0.3 is 0 Å². The lowest BCUT2D eigenvalue weighted by Crippen LogP contribution is -1.93. The van der Waals surface area contributed by atoms with Crippen LogP contribution in [0.25, 0.3) is 17.2 Å². The maximum atomic E-state index is 14.4. The van der Waals surface area contributed by atoms with Crippen molar-refractivity contribution in [3.05, 3.63) is 53.9 Å². The largest absolute Gasteiger partial charge is 0.236 e. The van der Waals surface area contributed by atoms with Crippen molar-refractivity contribution < 1.29 is 4.39 Å². The predicted molar refractivity (Wildman–Crippen MR) is 136 cm³/mol. The van der Waals surface area contributed by atoms with E-state index >= 15 is 0 Å². The molecule has 0 atom stereocenters. The lowest BCUT2D eigenvalue weighted by Gasteiger charge is -2.05. The summed E-state index contributed by atoms with van der Waals surface area (Å²) in [4.78, 5) is 9.08. The van der Waals surface area contributed by atoms with Gasteiger partial charge in [0.25, 0.3) is 0 Å². The van der Waals surface area contributed by atoms with E-state index in [2.05, 4.69) is 23.8 Å². The van der Waals surface area contributed by atoms with E-state index in [0.29, 0.717) is 11.4 Å². The van der Waals surface area contributed by atoms with Crippen molar-refractivity contribution in [2.75, 3.05) is 0 Å². The van der Waals surface area contributed by atoms with Gasteiger partial charge in [-0.25, -0.2) is 14.4 Å². The van der Waals surface area contributed by atoms with Gasteiger partial charge in [0.05, 0.1) is 0 Å². The van der Waals surface area contributed by atoms with Crippen molar-refractivity contribution in [3.8, 4) is 11.4 Å². The van der Waals surface area contributed by atoms with Crippen molar-refractivity contribution >= 4 is 5.83 Å². The molecule has 0 N–H and O–H groups in total. The zero-order valence-corrected chi connectivity index (χ0v) is 20.4. The summed E-state index contributed by atoms with van der Waals surface area (Å²) in [6.45, 7) is 4.47. The topological polar surface area (TPSA) is 25.8 Å². The van der Waals surface area contributed by atoms with Crippen LogP contribution in [-0.2, 0) is 6.42 Å². The highest BCUT2D eigenvalue weighted by Crippen LogP contribution is 2.22. The maximum Gasteiger partial charge on any atom is 0.159 e. The minimum absolute atomic E-state index is 0.131. The SMILES string of the molecule is CCCCCCC/C=C(/F)c1ccc(-c2ncc(CCCCCCCCCC)cn2)cc1. The monoisotopic (exact) mass is 438 g/mol. The second kappa shape index (κ2) is 16.6. The van der Waals surface area contributed by atoms with E-state index in [0.717, 1.165) is 24.8 Å². The Kier molecular flexibility index (Phi) is 13.6. The number of allylic oxidation sites excluding steroid dienone is 1. The molecule has 0 amide bonds. The molecule has 2 rings (SSSR count). The quantitative estimate of drug-likeness (QED) is 0.230. The number of aryl methyl sites for hydroxylation is 1. The number of hydrogen-bond donors (Lipinski definition) is 0. The van der Waals surface area contributed by atoms with Crippen LogP contribution in [0.2, 0.25) is 0 Å². The van der Waals surface area contributed by atoms with E-state index in [1.54, 1.807) is 6.08 Å². The molecule has 32 heavy (non-hydrogen) atoms. The van der Waals surface area contributed by atoms with Crippen LogP contribution in [0.15, 0.2) is 42.7 Å². The number of hydrogen-bond acceptors (Lipinski definition) is 2. The van der Waals surface area contributed by atoms with Gasteiger partial charge in [0.2, 0.25) is 0 Å². The number of nitrogens with zero attached hydrogens (tertiary/aromatic N) is 2. The van der Waals surface area contributed by atoms with E-state index in [-0.39, 0.29) is 5.83 Å². The molecule has 1 aromatic carbocycles. The molecule has 0 bridgehead atoms. The van der Waals surface area contributed by atoms with Gasteiger partial charge in [0, 0.05) is 23.5 Å². The van der Waals surface area contributed by atoms with Gasteiger partial charge in [-0.15, -0.1) is 0 Å². The minimum atomic E-state index is -0.131. The van der Waals surface area contributed by atoms with E-state index in [9.17, 15) is 4.39 Å². The number of rotatable bonds is 17. The van der Waals surface area contributed by atoms with Crippen LogP contribution < -0.4 is 0 Å². The first kappa shape index (κ1) is 26.2. The normalized spacial score (nSPS) is 11.8. The fraction of sp³-hybridized carbons (Fsp3) is 0.586. The minimum Gasteiger partial charge on any atom is -0.236 e. The Morgan fingerprint density at radius 2 is 1.25 bits per heavy atom. The molecule has 0 aliphatic rings. The van der Waals surface area contributed by atoms with Gasteiger partial charge in [-0.05, 0) is 37.3 Å². The molecule has 3 heteroatoms.